The van der Waals surface area contributed by atoms with Gasteiger partial charge in [-0.25, -0.2) is 0 Å². The summed E-state index contributed by atoms with van der Waals surface area (Å²) >= 11 is 0. The molecule has 40 heavy (non-hydrogen) atoms. The highest BCUT2D eigenvalue weighted by Gasteiger charge is 2.36. The number of aliphatic hydroxyl groups excluding tert-OH is 1. The summed E-state index contributed by atoms with van der Waals surface area (Å²) < 4.78 is 5.37. The fourth-order valence-corrected chi connectivity index (χ4v) is 5.64. The minimum atomic E-state index is -1.04. The fourth-order valence-electron chi connectivity index (χ4n) is 5.64. The van der Waals surface area contributed by atoms with Crippen molar-refractivity contribution in [1.29, 1.82) is 0 Å². The molecule has 1 amide bonds. The number of rotatable bonds is 17. The summed E-state index contributed by atoms with van der Waals surface area (Å²) in [5.41, 5.74) is 9.25. The van der Waals surface area contributed by atoms with E-state index >= 15 is 0 Å². The zero-order valence-electron chi connectivity index (χ0n) is 25.6. The molecule has 0 spiro atoms. The van der Waals surface area contributed by atoms with Crippen molar-refractivity contribution < 1.29 is 24.5 Å². The number of aryl methyl sites for hydroxylation is 1. The van der Waals surface area contributed by atoms with Crippen LogP contribution >= 0.6 is 0 Å². The molecule has 0 aliphatic carbocycles. The number of benzene rings is 1. The topological polar surface area (TPSA) is 151 Å². The molecular formula is C31H52N4O5. The molecule has 0 bridgehead atoms. The number of amides is 1. The number of nitrogens with one attached hydrogen (secondary N) is 2. The number of carbonyl (C=O) groups is 2. The number of carboxylic acid groups (broad SMARTS) is 1. The average Bonchev–Trinajstić information content (AvgIpc) is 3.26. The highest BCUT2D eigenvalue weighted by atomic mass is 16.5. The van der Waals surface area contributed by atoms with Crippen molar-refractivity contribution in [2.24, 2.45) is 35.3 Å². The summed E-state index contributed by atoms with van der Waals surface area (Å²) in [6, 6.07) is 5.00. The molecule has 9 heteroatoms. The van der Waals surface area contributed by atoms with Gasteiger partial charge in [0.05, 0.1) is 29.6 Å². The van der Waals surface area contributed by atoms with Gasteiger partial charge in [0, 0.05) is 24.8 Å². The molecule has 6 atom stereocenters. The van der Waals surface area contributed by atoms with Crippen LogP contribution in [0, 0.1) is 36.5 Å². The Balaban J connectivity index is 2.48. The van der Waals surface area contributed by atoms with E-state index in [1.165, 1.54) is 0 Å². The van der Waals surface area contributed by atoms with E-state index in [2.05, 4.69) is 47.6 Å². The number of hydrogen-bond donors (Lipinski definition) is 5. The lowest BCUT2D eigenvalue weighted by Gasteiger charge is -2.37. The molecule has 1 heterocycles. The number of aliphatic hydroxyl groups is 1. The number of fused-ring (bicyclic) bond motifs is 1. The van der Waals surface area contributed by atoms with Crippen molar-refractivity contribution in [3.8, 4) is 0 Å². The van der Waals surface area contributed by atoms with Gasteiger partial charge in [-0.15, -0.1) is 0 Å². The van der Waals surface area contributed by atoms with E-state index in [-0.39, 0.29) is 41.9 Å². The molecule has 0 aliphatic heterocycles. The molecule has 2 aromatic rings. The summed E-state index contributed by atoms with van der Waals surface area (Å²) in [6.45, 7) is 14.4. The quantitative estimate of drug-likeness (QED) is 0.177. The normalized spacial score (nSPS) is 16.7. The number of carbonyl (C=O) groups excluding carboxylic acids is 1. The minimum absolute atomic E-state index is 0.0481. The van der Waals surface area contributed by atoms with Gasteiger partial charge in [-0.1, -0.05) is 53.7 Å². The summed E-state index contributed by atoms with van der Waals surface area (Å²) in [6.07, 6.45) is 1.21. The summed E-state index contributed by atoms with van der Waals surface area (Å²) in [4.78, 5) is 25.1. The number of H-pyrrole nitrogens is 1. The SMILES string of the molecule is COCCCC(c1ccc2c(C)[nH]nc2c1)[C@@H](C[C@H](NC(=O)C(N)C(C)C)[C@@H](O)C[C@H](C(=O)O)C(C)C)C(C)C. The summed E-state index contributed by atoms with van der Waals surface area (Å²) in [5, 5.41) is 32.9. The van der Waals surface area contributed by atoms with Gasteiger partial charge in [-0.2, -0.15) is 5.10 Å². The van der Waals surface area contributed by atoms with Crippen molar-refractivity contribution in [3.05, 3.63) is 29.5 Å². The Hall–Kier alpha value is -2.49. The minimum Gasteiger partial charge on any atom is -0.481 e. The molecule has 0 saturated carbocycles. The van der Waals surface area contributed by atoms with Crippen LogP contribution in [0.5, 0.6) is 0 Å². The first-order chi connectivity index (χ1) is 18.8. The van der Waals surface area contributed by atoms with Crippen molar-refractivity contribution in [3.63, 3.8) is 0 Å². The lowest BCUT2D eigenvalue weighted by molar-refractivity contribution is -0.144. The van der Waals surface area contributed by atoms with Crippen molar-refractivity contribution in [2.75, 3.05) is 13.7 Å². The Bertz CT molecular complexity index is 1080. The zero-order valence-corrected chi connectivity index (χ0v) is 25.6. The molecule has 226 valence electrons. The molecule has 1 aromatic carbocycles. The molecule has 1 aromatic heterocycles. The van der Waals surface area contributed by atoms with Gasteiger partial charge < -0.3 is 26.0 Å². The third kappa shape index (κ3) is 9.01. The van der Waals surface area contributed by atoms with Crippen molar-refractivity contribution >= 4 is 22.8 Å². The van der Waals surface area contributed by atoms with Crippen LogP contribution in [0.25, 0.3) is 10.9 Å². The first-order valence-corrected chi connectivity index (χ1v) is 14.7. The Morgan fingerprint density at radius 3 is 2.30 bits per heavy atom. The van der Waals surface area contributed by atoms with Crippen LogP contribution < -0.4 is 11.1 Å². The molecule has 0 radical (unpaired) electrons. The number of hydrogen-bond acceptors (Lipinski definition) is 6. The molecule has 0 fully saturated rings. The predicted octanol–water partition coefficient (Wildman–Crippen LogP) is 4.62. The number of ether oxygens (including phenoxy) is 1. The molecule has 0 aliphatic rings. The second kappa shape index (κ2) is 15.5. The van der Waals surface area contributed by atoms with E-state index in [0.717, 1.165) is 35.0 Å². The summed E-state index contributed by atoms with van der Waals surface area (Å²) in [7, 11) is 1.70. The van der Waals surface area contributed by atoms with Gasteiger partial charge in [0.1, 0.15) is 0 Å². The molecule has 2 rings (SSSR count). The number of aromatic amines is 1. The highest BCUT2D eigenvalue weighted by molar-refractivity contribution is 5.82. The van der Waals surface area contributed by atoms with E-state index in [9.17, 15) is 19.8 Å². The van der Waals surface area contributed by atoms with Crippen LogP contribution in [0.2, 0.25) is 0 Å². The van der Waals surface area contributed by atoms with Gasteiger partial charge in [0.25, 0.3) is 0 Å². The lowest BCUT2D eigenvalue weighted by Crippen LogP contribution is -2.53. The second-order valence-corrected chi connectivity index (χ2v) is 12.4. The number of carboxylic acids is 1. The first-order valence-electron chi connectivity index (χ1n) is 14.7. The van der Waals surface area contributed by atoms with Crippen LogP contribution in [0.4, 0.5) is 0 Å². The molecular weight excluding hydrogens is 508 g/mol. The monoisotopic (exact) mass is 560 g/mol. The first kappa shape index (κ1) is 33.7. The number of methoxy groups -OCH3 is 1. The van der Waals surface area contributed by atoms with E-state index in [4.69, 9.17) is 10.5 Å². The van der Waals surface area contributed by atoms with E-state index in [1.54, 1.807) is 7.11 Å². The van der Waals surface area contributed by atoms with Gasteiger partial charge in [0.15, 0.2) is 0 Å². The zero-order chi connectivity index (χ0) is 30.1. The van der Waals surface area contributed by atoms with E-state index in [1.807, 2.05) is 34.6 Å². The van der Waals surface area contributed by atoms with Crippen LogP contribution in [0.3, 0.4) is 0 Å². The van der Waals surface area contributed by atoms with Crippen LogP contribution in [0.15, 0.2) is 18.2 Å². The maximum atomic E-state index is 13.1. The van der Waals surface area contributed by atoms with E-state index < -0.39 is 30.1 Å². The third-order valence-electron chi connectivity index (χ3n) is 8.39. The van der Waals surface area contributed by atoms with Gasteiger partial charge in [0.2, 0.25) is 5.91 Å². The Labute approximate surface area is 239 Å². The number of nitrogens with two attached hydrogens (primary N) is 1. The standard InChI is InChI=1S/C31H52N4O5/c1-17(2)24(23(10-9-13-40-8)21-11-12-22-20(7)34-35-26(22)14-21)15-27(33-30(37)29(32)19(5)6)28(36)16-25(18(3)4)31(38)39/h11-12,14,17-19,23-25,27-29,36H,9-10,13,15-16,32H2,1-8H3,(H,33,37)(H,34,35)(H,38,39)/t23?,24-,25-,27-,28-,29?/m0/s1. The Kier molecular flexibility index (Phi) is 13.1. The predicted molar refractivity (Wildman–Crippen MR) is 159 cm³/mol. The summed E-state index contributed by atoms with van der Waals surface area (Å²) in [5.74, 6) is -1.83. The maximum absolute atomic E-state index is 13.1. The van der Waals surface area contributed by atoms with Crippen LogP contribution in [0.1, 0.15) is 84.4 Å². The Morgan fingerprint density at radius 1 is 1.07 bits per heavy atom. The van der Waals surface area contributed by atoms with Crippen LogP contribution in [-0.2, 0) is 14.3 Å². The molecule has 9 nitrogen and oxygen atoms in total. The van der Waals surface area contributed by atoms with Crippen molar-refractivity contribution in [2.45, 2.75) is 98.3 Å². The molecule has 6 N–H and O–H groups in total. The highest BCUT2D eigenvalue weighted by Crippen LogP contribution is 2.39. The number of aromatic nitrogens is 2. The lowest BCUT2D eigenvalue weighted by atomic mass is 9.72. The van der Waals surface area contributed by atoms with Crippen LogP contribution in [-0.4, -0.2) is 64.2 Å². The molecule has 2 unspecified atom stereocenters. The van der Waals surface area contributed by atoms with Crippen molar-refractivity contribution in [1.82, 2.24) is 15.5 Å². The van der Waals surface area contributed by atoms with E-state index in [0.29, 0.717) is 13.0 Å². The van der Waals surface area contributed by atoms with Gasteiger partial charge >= 0.3 is 5.97 Å². The largest absolute Gasteiger partial charge is 0.481 e. The number of aliphatic carboxylic acids is 1. The number of nitrogens with zero attached hydrogens (tertiary/aromatic N) is 1. The second-order valence-electron chi connectivity index (χ2n) is 12.4. The van der Waals surface area contributed by atoms with Gasteiger partial charge in [-0.05, 0) is 73.8 Å². The maximum Gasteiger partial charge on any atom is 0.306 e. The smallest absolute Gasteiger partial charge is 0.306 e. The van der Waals surface area contributed by atoms with Gasteiger partial charge in [-0.3, -0.25) is 14.7 Å². The Morgan fingerprint density at radius 2 is 1.75 bits per heavy atom. The average molecular weight is 561 g/mol. The molecule has 0 saturated heterocycles. The third-order valence-corrected chi connectivity index (χ3v) is 8.39. The fraction of sp³-hybridized carbons (Fsp3) is 0.710.